The maximum atomic E-state index is 14.5. The van der Waals surface area contributed by atoms with Crippen LogP contribution in [-0.4, -0.2) is 0 Å². The second-order valence-corrected chi connectivity index (χ2v) is 8.16. The van der Waals surface area contributed by atoms with Crippen LogP contribution in [0.15, 0.2) is 48.7 Å². The summed E-state index contributed by atoms with van der Waals surface area (Å²) < 4.78 is 33.9. The summed E-state index contributed by atoms with van der Waals surface area (Å²) in [6, 6.07) is 11.0. The molecule has 0 bridgehead atoms. The maximum Gasteiger partial charge on any atom is 0.201 e. The van der Waals surface area contributed by atoms with Crippen LogP contribution in [0.1, 0.15) is 76.7 Å². The van der Waals surface area contributed by atoms with Crippen molar-refractivity contribution in [2.75, 3.05) is 0 Å². The first-order chi connectivity index (χ1) is 14.1. The van der Waals surface area contributed by atoms with Gasteiger partial charge in [0.05, 0.1) is 6.26 Å². The molecule has 0 atom stereocenters. The molecule has 0 heterocycles. The van der Waals surface area contributed by atoms with Gasteiger partial charge < -0.3 is 4.74 Å². The number of allylic oxidation sites excluding steroid dienone is 1. The van der Waals surface area contributed by atoms with E-state index in [2.05, 4.69) is 19.1 Å². The third-order valence-electron chi connectivity index (χ3n) is 6.13. The van der Waals surface area contributed by atoms with E-state index in [-0.39, 0.29) is 11.3 Å². The van der Waals surface area contributed by atoms with Gasteiger partial charge in [-0.15, -0.1) is 0 Å². The number of ether oxygens (including phenoxy) is 1. The van der Waals surface area contributed by atoms with Gasteiger partial charge >= 0.3 is 0 Å². The molecule has 1 aliphatic rings. The lowest BCUT2D eigenvalue weighted by Crippen LogP contribution is -2.13. The zero-order valence-electron chi connectivity index (χ0n) is 17.6. The predicted molar refractivity (Wildman–Crippen MR) is 116 cm³/mol. The molecule has 1 fully saturated rings. The molecule has 0 spiro atoms. The molecule has 0 saturated heterocycles. The Balaban J connectivity index is 1.64. The van der Waals surface area contributed by atoms with E-state index < -0.39 is 11.6 Å². The van der Waals surface area contributed by atoms with E-state index in [1.165, 1.54) is 69.3 Å². The van der Waals surface area contributed by atoms with Gasteiger partial charge in [-0.2, -0.15) is 4.39 Å². The normalized spacial score (nSPS) is 19.6. The fourth-order valence-corrected chi connectivity index (χ4v) is 4.39. The van der Waals surface area contributed by atoms with Crippen molar-refractivity contribution in [1.29, 1.82) is 0 Å². The molecule has 3 heteroatoms. The molecule has 0 amide bonds. The van der Waals surface area contributed by atoms with Crippen LogP contribution in [0.4, 0.5) is 8.78 Å². The van der Waals surface area contributed by atoms with E-state index in [1.807, 2.05) is 12.1 Å². The lowest BCUT2D eigenvalue weighted by molar-refractivity contribution is 0.303. The first-order valence-corrected chi connectivity index (χ1v) is 11.0. The smallest absolute Gasteiger partial charge is 0.201 e. The number of rotatable bonds is 8. The summed E-state index contributed by atoms with van der Waals surface area (Å²) in [5.74, 6) is -0.447. The minimum Gasteiger partial charge on any atom is -0.462 e. The Morgan fingerprint density at radius 3 is 2.31 bits per heavy atom. The van der Waals surface area contributed by atoms with Crippen LogP contribution < -0.4 is 4.74 Å². The van der Waals surface area contributed by atoms with Crippen molar-refractivity contribution in [3.05, 3.63) is 65.9 Å². The zero-order valence-corrected chi connectivity index (χ0v) is 17.6. The molecule has 0 N–H and O–H groups in total. The first kappa shape index (κ1) is 21.5. The van der Waals surface area contributed by atoms with Crippen molar-refractivity contribution >= 4 is 0 Å². The second kappa shape index (κ2) is 10.6. The Morgan fingerprint density at radius 2 is 1.66 bits per heavy atom. The second-order valence-electron chi connectivity index (χ2n) is 8.16. The summed E-state index contributed by atoms with van der Waals surface area (Å²) in [6.07, 6.45) is 13.4. The van der Waals surface area contributed by atoms with E-state index in [0.29, 0.717) is 11.5 Å². The van der Waals surface area contributed by atoms with E-state index in [0.717, 1.165) is 5.92 Å². The van der Waals surface area contributed by atoms with Crippen LogP contribution in [0.2, 0.25) is 0 Å². The molecular formula is C26H32F2O. The summed E-state index contributed by atoms with van der Waals surface area (Å²) in [5, 5.41) is 0. The van der Waals surface area contributed by atoms with Gasteiger partial charge in [-0.05, 0) is 67.7 Å². The van der Waals surface area contributed by atoms with Gasteiger partial charge in [0.2, 0.25) is 5.82 Å². The standard InChI is InChI=1S/C26H32F2O/c1-3-5-6-7-19-8-10-20(11-9-19)21-12-14-22(15-13-21)23-16-17-24(29-18-4-2)26(28)25(23)27/h4,12-20H,3,5-11H2,1-2H3. The third-order valence-corrected chi connectivity index (χ3v) is 6.13. The predicted octanol–water partition coefficient (Wildman–Crippen LogP) is 8.40. The van der Waals surface area contributed by atoms with Crippen LogP contribution in [0, 0.1) is 17.6 Å². The van der Waals surface area contributed by atoms with Crippen molar-refractivity contribution < 1.29 is 13.5 Å². The van der Waals surface area contributed by atoms with E-state index >= 15 is 0 Å². The Hall–Kier alpha value is -2.16. The summed E-state index contributed by atoms with van der Waals surface area (Å²) in [4.78, 5) is 0. The Kier molecular flexibility index (Phi) is 7.85. The van der Waals surface area contributed by atoms with Gasteiger partial charge in [0.15, 0.2) is 11.6 Å². The van der Waals surface area contributed by atoms with Crippen molar-refractivity contribution in [2.45, 2.75) is 71.1 Å². The number of hydrogen-bond acceptors (Lipinski definition) is 1. The number of hydrogen-bond donors (Lipinski definition) is 0. The van der Waals surface area contributed by atoms with Gasteiger partial charge in [0, 0.05) is 5.56 Å². The van der Waals surface area contributed by atoms with E-state index in [1.54, 1.807) is 19.1 Å². The van der Waals surface area contributed by atoms with Crippen LogP contribution in [-0.2, 0) is 0 Å². The molecule has 0 aliphatic heterocycles. The lowest BCUT2D eigenvalue weighted by atomic mass is 9.77. The third kappa shape index (κ3) is 5.46. The monoisotopic (exact) mass is 398 g/mol. The Labute approximate surface area is 173 Å². The molecule has 1 saturated carbocycles. The fraction of sp³-hybridized carbons (Fsp3) is 0.462. The average molecular weight is 399 g/mol. The summed E-state index contributed by atoms with van der Waals surface area (Å²) in [7, 11) is 0. The van der Waals surface area contributed by atoms with Crippen molar-refractivity contribution in [2.24, 2.45) is 5.92 Å². The highest BCUT2D eigenvalue weighted by Gasteiger charge is 2.22. The largest absolute Gasteiger partial charge is 0.462 e. The van der Waals surface area contributed by atoms with Gasteiger partial charge in [0.25, 0.3) is 0 Å². The Morgan fingerprint density at radius 1 is 0.931 bits per heavy atom. The lowest BCUT2D eigenvalue weighted by Gasteiger charge is -2.29. The summed E-state index contributed by atoms with van der Waals surface area (Å²) in [6.45, 7) is 4.01. The number of halogens is 2. The molecule has 0 unspecified atom stereocenters. The fourth-order valence-electron chi connectivity index (χ4n) is 4.39. The van der Waals surface area contributed by atoms with Crippen LogP contribution in [0.5, 0.6) is 5.75 Å². The molecule has 156 valence electrons. The quantitative estimate of drug-likeness (QED) is 0.320. The number of benzene rings is 2. The minimum atomic E-state index is -0.953. The van der Waals surface area contributed by atoms with Gasteiger partial charge in [-0.3, -0.25) is 0 Å². The molecular weight excluding hydrogens is 366 g/mol. The van der Waals surface area contributed by atoms with Crippen LogP contribution in [0.3, 0.4) is 0 Å². The topological polar surface area (TPSA) is 9.23 Å². The van der Waals surface area contributed by atoms with Gasteiger partial charge in [-0.1, -0.05) is 62.9 Å². The molecule has 2 aromatic rings. The van der Waals surface area contributed by atoms with Crippen molar-refractivity contribution in [1.82, 2.24) is 0 Å². The van der Waals surface area contributed by atoms with E-state index in [4.69, 9.17) is 4.74 Å². The van der Waals surface area contributed by atoms with Crippen LogP contribution >= 0.6 is 0 Å². The zero-order chi connectivity index (χ0) is 20.6. The molecule has 29 heavy (non-hydrogen) atoms. The first-order valence-electron chi connectivity index (χ1n) is 11.0. The highest BCUT2D eigenvalue weighted by Crippen LogP contribution is 2.38. The van der Waals surface area contributed by atoms with Crippen LogP contribution in [0.25, 0.3) is 11.1 Å². The van der Waals surface area contributed by atoms with Crippen molar-refractivity contribution in [3.63, 3.8) is 0 Å². The molecule has 1 nitrogen and oxygen atoms in total. The highest BCUT2D eigenvalue weighted by atomic mass is 19.2. The summed E-state index contributed by atoms with van der Waals surface area (Å²) >= 11 is 0. The maximum absolute atomic E-state index is 14.5. The average Bonchev–Trinajstić information content (AvgIpc) is 2.76. The molecule has 2 aromatic carbocycles. The van der Waals surface area contributed by atoms with Gasteiger partial charge in [-0.25, -0.2) is 4.39 Å². The van der Waals surface area contributed by atoms with Gasteiger partial charge in [0.1, 0.15) is 0 Å². The Bertz CT molecular complexity index is 802. The minimum absolute atomic E-state index is 0.100. The number of unbranched alkanes of at least 4 members (excludes halogenated alkanes) is 2. The molecule has 3 rings (SSSR count). The molecule has 1 aliphatic carbocycles. The summed E-state index contributed by atoms with van der Waals surface area (Å²) in [5.41, 5.74) is 2.27. The van der Waals surface area contributed by atoms with E-state index in [9.17, 15) is 8.78 Å². The molecule has 0 aromatic heterocycles. The SMILES string of the molecule is CC=COc1ccc(-c2ccc(C3CCC(CCCCC)CC3)cc2)c(F)c1F. The highest BCUT2D eigenvalue weighted by molar-refractivity contribution is 5.65. The van der Waals surface area contributed by atoms with Crippen molar-refractivity contribution in [3.8, 4) is 16.9 Å². The molecule has 0 radical (unpaired) electrons.